The van der Waals surface area contributed by atoms with E-state index in [1.807, 2.05) is 0 Å². The maximum absolute atomic E-state index is 2.76. The van der Waals surface area contributed by atoms with Crippen molar-refractivity contribution in [2.24, 2.45) is 0 Å². The normalized spacial score (nSPS) is 23.1. The molecule has 2 heteroatoms. The van der Waals surface area contributed by atoms with Crippen LogP contribution in [0.5, 0.6) is 0 Å². The lowest BCUT2D eigenvalue weighted by Crippen LogP contribution is -2.54. The Morgan fingerprint density at radius 1 is 0.338 bits per heavy atom. The van der Waals surface area contributed by atoms with Crippen molar-refractivity contribution in [3.8, 4) is 44.5 Å². The Morgan fingerprint density at radius 3 is 1.19 bits per heavy atom. The van der Waals surface area contributed by atoms with Crippen LogP contribution in [0.2, 0.25) is 0 Å². The molecule has 74 heavy (non-hydrogen) atoms. The minimum absolute atomic E-state index is 0.0110. The van der Waals surface area contributed by atoms with Crippen LogP contribution >= 0.6 is 0 Å². The van der Waals surface area contributed by atoms with Gasteiger partial charge in [-0.05, 0) is 226 Å². The highest BCUT2D eigenvalue weighted by Gasteiger charge is 2.60. The van der Waals surface area contributed by atoms with E-state index in [4.69, 9.17) is 0 Å². The van der Waals surface area contributed by atoms with Crippen LogP contribution in [0.1, 0.15) is 112 Å². The molecule has 2 saturated carbocycles. The van der Waals surface area contributed by atoms with Gasteiger partial charge in [0, 0.05) is 33.6 Å². The van der Waals surface area contributed by atoms with E-state index in [1.165, 1.54) is 173 Å². The molecule has 2 fully saturated rings. The Kier molecular flexibility index (Phi) is 9.93. The summed E-state index contributed by atoms with van der Waals surface area (Å²) in [5.41, 5.74) is 24.5. The standard InChI is InChI=1S/C72H68N2/c1-45-41-57(47(3)65-67(45)73(51-29-17-11-18-30-51)71(7)39-23-21-37-69(65,71)5)60-43-59(50-27-15-10-16-28-50)62-44-61(55-34-33-53(49-25-13-9-14-26-49)54-35-36-56(60)64(62)63(54)55)58-42-46(2)68-66(48(58)4)70(6)38-22-24-40-72(70,8)74(68)52-31-19-12-20-32-52/h9-20,25-36,41-44H,21-24,37-40H2,1-8H3. The van der Waals surface area contributed by atoms with Gasteiger partial charge in [-0.3, -0.25) is 0 Å². The summed E-state index contributed by atoms with van der Waals surface area (Å²) in [6, 6.07) is 65.1. The molecule has 4 unspecified atom stereocenters. The van der Waals surface area contributed by atoms with E-state index < -0.39 is 0 Å². The fourth-order valence-corrected chi connectivity index (χ4v) is 16.4. The third kappa shape index (κ3) is 5.94. The van der Waals surface area contributed by atoms with Crippen LogP contribution in [0.3, 0.4) is 0 Å². The van der Waals surface area contributed by atoms with Gasteiger partial charge in [-0.25, -0.2) is 0 Å². The summed E-state index contributed by atoms with van der Waals surface area (Å²) in [6.07, 6.45) is 9.75. The van der Waals surface area contributed by atoms with Crippen LogP contribution in [-0.4, -0.2) is 11.1 Å². The number of benzene rings is 10. The van der Waals surface area contributed by atoms with Gasteiger partial charge in [0.05, 0.1) is 11.1 Å². The van der Waals surface area contributed by atoms with Crippen LogP contribution < -0.4 is 9.80 Å². The van der Waals surface area contributed by atoms with Crippen molar-refractivity contribution in [1.82, 2.24) is 0 Å². The predicted molar refractivity (Wildman–Crippen MR) is 316 cm³/mol. The van der Waals surface area contributed by atoms with Crippen molar-refractivity contribution >= 4 is 55.1 Å². The molecular weight excluding hydrogens is 893 g/mol. The highest BCUT2D eigenvalue weighted by molar-refractivity contribution is 6.32. The second-order valence-corrected chi connectivity index (χ2v) is 23.9. The highest BCUT2D eigenvalue weighted by Crippen LogP contribution is 2.66. The predicted octanol–water partition coefficient (Wildman–Crippen LogP) is 20.0. The molecule has 0 saturated heterocycles. The van der Waals surface area contributed by atoms with E-state index in [9.17, 15) is 0 Å². The Labute approximate surface area is 439 Å². The monoisotopic (exact) mass is 961 g/mol. The second-order valence-electron chi connectivity index (χ2n) is 23.9. The lowest BCUT2D eigenvalue weighted by Gasteiger charge is -2.50. The molecule has 366 valence electrons. The first-order chi connectivity index (χ1) is 35.9. The van der Waals surface area contributed by atoms with Crippen molar-refractivity contribution < 1.29 is 0 Å². The molecule has 4 atom stereocenters. The van der Waals surface area contributed by atoms with Crippen molar-refractivity contribution in [1.29, 1.82) is 0 Å². The molecule has 0 radical (unpaired) electrons. The Bertz CT molecular complexity index is 3890. The zero-order valence-corrected chi connectivity index (χ0v) is 44.7. The van der Waals surface area contributed by atoms with E-state index in [1.54, 1.807) is 11.1 Å². The zero-order valence-electron chi connectivity index (χ0n) is 44.7. The SMILES string of the molecule is Cc1cc(-c2cc3c(-c4ccccc4)cc(-c4cc(C)c5c(c4C)C4(C)CCCCC4(C)N5c4ccccc4)c4ccc5c(-c6ccccc6)ccc2c5c34)c(C)c2c1N(c1ccccc1)C1(C)CCCCC21C. The summed E-state index contributed by atoms with van der Waals surface area (Å²) in [7, 11) is 0. The van der Waals surface area contributed by atoms with Gasteiger partial charge in [-0.1, -0.05) is 161 Å². The minimum Gasteiger partial charge on any atom is -0.334 e. The fourth-order valence-electron chi connectivity index (χ4n) is 16.4. The Balaban J connectivity index is 1.09. The quantitative estimate of drug-likeness (QED) is 0.153. The number of hydrogen-bond acceptors (Lipinski definition) is 2. The zero-order chi connectivity index (χ0) is 50.5. The summed E-state index contributed by atoms with van der Waals surface area (Å²) in [5, 5.41) is 8.03. The summed E-state index contributed by atoms with van der Waals surface area (Å²) in [6.45, 7) is 20.1. The lowest BCUT2D eigenvalue weighted by molar-refractivity contribution is 0.194. The Hall–Kier alpha value is -7.16. The molecule has 2 heterocycles. The molecule has 10 aromatic carbocycles. The topological polar surface area (TPSA) is 6.48 Å². The number of aryl methyl sites for hydroxylation is 2. The van der Waals surface area contributed by atoms with Gasteiger partial charge >= 0.3 is 0 Å². The lowest BCUT2D eigenvalue weighted by atomic mass is 9.60. The number of fused-ring (bicyclic) bond motifs is 6. The van der Waals surface area contributed by atoms with Crippen LogP contribution in [-0.2, 0) is 10.8 Å². The van der Waals surface area contributed by atoms with Gasteiger partial charge in [-0.15, -0.1) is 0 Å². The largest absolute Gasteiger partial charge is 0.334 e. The molecule has 0 amide bonds. The third-order valence-corrected chi connectivity index (χ3v) is 20.3. The first-order valence-electron chi connectivity index (χ1n) is 27.8. The van der Waals surface area contributed by atoms with Crippen LogP contribution in [0.4, 0.5) is 22.7 Å². The van der Waals surface area contributed by atoms with Crippen molar-refractivity contribution in [2.45, 2.75) is 129 Å². The minimum atomic E-state index is -0.0371. The highest BCUT2D eigenvalue weighted by atomic mass is 15.3. The van der Waals surface area contributed by atoms with E-state index in [2.05, 4.69) is 235 Å². The smallest absolute Gasteiger partial charge is 0.0518 e. The number of anilines is 4. The molecule has 2 aliphatic heterocycles. The van der Waals surface area contributed by atoms with Crippen LogP contribution in [0, 0.1) is 27.7 Å². The second kappa shape index (κ2) is 16.2. The summed E-state index contributed by atoms with van der Waals surface area (Å²) < 4.78 is 0. The van der Waals surface area contributed by atoms with E-state index >= 15 is 0 Å². The maximum Gasteiger partial charge on any atom is 0.0518 e. The van der Waals surface area contributed by atoms with Gasteiger partial charge in [0.2, 0.25) is 0 Å². The number of rotatable bonds is 6. The fraction of sp³-hybridized carbons (Fsp3) is 0.278. The average Bonchev–Trinajstić information content (AvgIpc) is 3.84. The van der Waals surface area contributed by atoms with E-state index in [-0.39, 0.29) is 21.9 Å². The van der Waals surface area contributed by atoms with E-state index in [0.717, 1.165) is 0 Å². The van der Waals surface area contributed by atoms with Crippen LogP contribution in [0.25, 0.3) is 76.8 Å². The van der Waals surface area contributed by atoms with Gasteiger partial charge in [0.15, 0.2) is 0 Å². The molecule has 0 spiro atoms. The van der Waals surface area contributed by atoms with Crippen LogP contribution in [0.15, 0.2) is 170 Å². The Morgan fingerprint density at radius 2 is 0.716 bits per heavy atom. The summed E-state index contributed by atoms with van der Waals surface area (Å²) in [5.74, 6) is 0. The van der Waals surface area contributed by atoms with Gasteiger partial charge in [0.1, 0.15) is 0 Å². The van der Waals surface area contributed by atoms with Crippen molar-refractivity contribution in [2.75, 3.05) is 9.80 Å². The van der Waals surface area contributed by atoms with Crippen molar-refractivity contribution in [3.05, 3.63) is 203 Å². The third-order valence-electron chi connectivity index (χ3n) is 20.3. The molecule has 2 nitrogen and oxygen atoms in total. The molecule has 2 aliphatic carbocycles. The molecule has 0 N–H and O–H groups in total. The maximum atomic E-state index is 2.76. The number of hydrogen-bond donors (Lipinski definition) is 0. The molecule has 4 aliphatic rings. The molecule has 10 aromatic rings. The summed E-state index contributed by atoms with van der Waals surface area (Å²) in [4.78, 5) is 5.52. The first-order valence-corrected chi connectivity index (χ1v) is 27.8. The summed E-state index contributed by atoms with van der Waals surface area (Å²) >= 11 is 0. The van der Waals surface area contributed by atoms with Gasteiger partial charge < -0.3 is 9.80 Å². The van der Waals surface area contributed by atoms with Crippen molar-refractivity contribution in [3.63, 3.8) is 0 Å². The molecule has 0 aromatic heterocycles. The number of nitrogens with zero attached hydrogens (tertiary/aromatic N) is 2. The molecular formula is C72H68N2. The number of para-hydroxylation sites is 2. The van der Waals surface area contributed by atoms with Gasteiger partial charge in [0.25, 0.3) is 0 Å². The van der Waals surface area contributed by atoms with E-state index in [0.29, 0.717) is 0 Å². The van der Waals surface area contributed by atoms with Gasteiger partial charge in [-0.2, -0.15) is 0 Å². The molecule has 0 bridgehead atoms. The average molecular weight is 961 g/mol. The first kappa shape index (κ1) is 45.5. The molecule has 14 rings (SSSR count).